The molecule has 20 heavy (non-hydrogen) atoms. The second kappa shape index (κ2) is 6.43. The van der Waals surface area contributed by atoms with E-state index in [4.69, 9.17) is 0 Å². The Morgan fingerprint density at radius 1 is 1.00 bits per heavy atom. The molecule has 1 aliphatic rings. The van der Waals surface area contributed by atoms with Crippen LogP contribution < -0.4 is 0 Å². The zero-order valence-electron chi connectivity index (χ0n) is 14.5. The van der Waals surface area contributed by atoms with E-state index in [-0.39, 0.29) is 5.41 Å². The first-order chi connectivity index (χ1) is 9.32. The number of hydrogen-bond donors (Lipinski definition) is 0. The van der Waals surface area contributed by atoms with Crippen LogP contribution in [0.1, 0.15) is 66.5 Å². The summed E-state index contributed by atoms with van der Waals surface area (Å²) >= 11 is 0. The van der Waals surface area contributed by atoms with Crippen LogP contribution in [0.25, 0.3) is 5.57 Å². The van der Waals surface area contributed by atoms with Crippen LogP contribution in [0.5, 0.6) is 0 Å². The lowest BCUT2D eigenvalue weighted by molar-refractivity contribution is 0.486. The maximum Gasteiger partial charge on any atom is -0.00497 e. The Balaban J connectivity index is 0.000000956. The van der Waals surface area contributed by atoms with Gasteiger partial charge in [-0.3, -0.25) is 0 Å². The molecule has 0 heterocycles. The summed E-state index contributed by atoms with van der Waals surface area (Å²) in [6.45, 7) is 17.7. The third-order valence-corrected chi connectivity index (χ3v) is 3.89. The predicted molar refractivity (Wildman–Crippen MR) is 91.9 cm³/mol. The fourth-order valence-electron chi connectivity index (χ4n) is 3.07. The minimum atomic E-state index is 0.248. The third-order valence-electron chi connectivity index (χ3n) is 3.89. The Bertz CT molecular complexity index is 529. The average molecular weight is 270 g/mol. The third kappa shape index (κ3) is 3.23. The monoisotopic (exact) mass is 270 g/mol. The molecule has 110 valence electrons. The van der Waals surface area contributed by atoms with Crippen molar-refractivity contribution in [1.29, 1.82) is 0 Å². The zero-order chi connectivity index (χ0) is 15.5. The fraction of sp³-hybridized carbons (Fsp3) is 0.500. The number of fused-ring (bicyclic) bond motifs is 1. The SMILES string of the molecule is CC.CC(C)=C1C(C)=C(C(C)(C)C)Cc2ccccc21. The Kier molecular flexibility index (Phi) is 5.39. The zero-order valence-corrected chi connectivity index (χ0v) is 14.5. The Labute approximate surface area is 125 Å². The van der Waals surface area contributed by atoms with Crippen molar-refractivity contribution in [3.05, 3.63) is 52.1 Å². The van der Waals surface area contributed by atoms with E-state index in [2.05, 4.69) is 65.8 Å². The summed E-state index contributed by atoms with van der Waals surface area (Å²) in [5, 5.41) is 0. The van der Waals surface area contributed by atoms with Gasteiger partial charge in [-0.05, 0) is 54.9 Å². The van der Waals surface area contributed by atoms with Gasteiger partial charge in [0.25, 0.3) is 0 Å². The van der Waals surface area contributed by atoms with Gasteiger partial charge < -0.3 is 0 Å². The molecule has 0 bridgehead atoms. The van der Waals surface area contributed by atoms with E-state index in [1.54, 1.807) is 5.57 Å². The van der Waals surface area contributed by atoms with Crippen molar-refractivity contribution in [2.45, 2.75) is 61.8 Å². The van der Waals surface area contributed by atoms with Gasteiger partial charge in [-0.1, -0.05) is 70.0 Å². The molecule has 0 heteroatoms. The topological polar surface area (TPSA) is 0 Å². The van der Waals surface area contributed by atoms with Crippen molar-refractivity contribution >= 4 is 5.57 Å². The highest BCUT2D eigenvalue weighted by Crippen LogP contribution is 2.43. The molecule has 0 aliphatic heterocycles. The molecule has 2 rings (SSSR count). The average Bonchev–Trinajstić information content (AvgIpc) is 2.38. The molecule has 1 aliphatic carbocycles. The van der Waals surface area contributed by atoms with Crippen LogP contribution in [0.15, 0.2) is 41.0 Å². The smallest absolute Gasteiger partial charge is 0.00497 e. The fourth-order valence-corrected chi connectivity index (χ4v) is 3.07. The first-order valence-electron chi connectivity index (χ1n) is 7.78. The summed E-state index contributed by atoms with van der Waals surface area (Å²) in [5.74, 6) is 0. The van der Waals surface area contributed by atoms with Crippen LogP contribution >= 0.6 is 0 Å². The Hall–Kier alpha value is -1.30. The van der Waals surface area contributed by atoms with Crippen LogP contribution in [-0.2, 0) is 6.42 Å². The van der Waals surface area contributed by atoms with Gasteiger partial charge in [-0.2, -0.15) is 0 Å². The lowest BCUT2D eigenvalue weighted by atomic mass is 9.72. The van der Waals surface area contributed by atoms with Gasteiger partial charge in [0, 0.05) is 0 Å². The highest BCUT2D eigenvalue weighted by atomic mass is 14.3. The second-order valence-electron chi connectivity index (χ2n) is 6.56. The van der Waals surface area contributed by atoms with Crippen molar-refractivity contribution in [3.8, 4) is 0 Å². The predicted octanol–water partition coefficient (Wildman–Crippen LogP) is 6.42. The summed E-state index contributed by atoms with van der Waals surface area (Å²) in [4.78, 5) is 0. The molecule has 0 spiro atoms. The standard InChI is InChI=1S/C18H24.C2H6/c1-12(2)17-13(3)16(18(4,5)6)11-14-9-7-8-10-15(14)17;1-2/h7-10H,11H2,1-6H3;1-2H3. The van der Waals surface area contributed by atoms with Gasteiger partial charge in [-0.15, -0.1) is 0 Å². The van der Waals surface area contributed by atoms with Gasteiger partial charge >= 0.3 is 0 Å². The Morgan fingerprint density at radius 3 is 2.05 bits per heavy atom. The maximum absolute atomic E-state index is 2.32. The van der Waals surface area contributed by atoms with Crippen molar-refractivity contribution < 1.29 is 0 Å². The molecule has 0 fully saturated rings. The molecule has 0 radical (unpaired) electrons. The molecule has 0 atom stereocenters. The number of allylic oxidation sites excluding steroid dienone is 4. The van der Waals surface area contributed by atoms with Gasteiger partial charge in [0.15, 0.2) is 0 Å². The highest BCUT2D eigenvalue weighted by Gasteiger charge is 2.27. The maximum atomic E-state index is 2.32. The molecule has 0 saturated heterocycles. The van der Waals surface area contributed by atoms with E-state index in [0.29, 0.717) is 0 Å². The highest BCUT2D eigenvalue weighted by molar-refractivity contribution is 5.85. The van der Waals surface area contributed by atoms with Crippen molar-refractivity contribution in [2.24, 2.45) is 5.41 Å². The summed E-state index contributed by atoms with van der Waals surface area (Å²) in [7, 11) is 0. The molecular weight excluding hydrogens is 240 g/mol. The lowest BCUT2D eigenvalue weighted by Gasteiger charge is -2.33. The summed E-state index contributed by atoms with van der Waals surface area (Å²) in [6.07, 6.45) is 1.10. The van der Waals surface area contributed by atoms with E-state index in [1.807, 2.05) is 13.8 Å². The lowest BCUT2D eigenvalue weighted by Crippen LogP contribution is -2.18. The quantitative estimate of drug-likeness (QED) is 0.510. The van der Waals surface area contributed by atoms with Crippen LogP contribution in [0.4, 0.5) is 0 Å². The van der Waals surface area contributed by atoms with Crippen molar-refractivity contribution in [3.63, 3.8) is 0 Å². The van der Waals surface area contributed by atoms with Gasteiger partial charge in [0.05, 0.1) is 0 Å². The molecule has 0 nitrogen and oxygen atoms in total. The Morgan fingerprint density at radius 2 is 1.55 bits per heavy atom. The number of benzene rings is 1. The second-order valence-corrected chi connectivity index (χ2v) is 6.56. The van der Waals surface area contributed by atoms with Gasteiger partial charge in [-0.25, -0.2) is 0 Å². The molecule has 0 saturated carbocycles. The summed E-state index contributed by atoms with van der Waals surface area (Å²) in [5.41, 5.74) is 9.10. The molecule has 0 amide bonds. The summed E-state index contributed by atoms with van der Waals surface area (Å²) in [6, 6.07) is 8.84. The molecule has 0 N–H and O–H groups in total. The molecule has 0 aromatic heterocycles. The molecule has 1 aromatic carbocycles. The number of hydrogen-bond acceptors (Lipinski definition) is 0. The van der Waals surface area contributed by atoms with Crippen LogP contribution in [0.2, 0.25) is 0 Å². The van der Waals surface area contributed by atoms with Crippen LogP contribution in [-0.4, -0.2) is 0 Å². The van der Waals surface area contributed by atoms with Crippen molar-refractivity contribution in [2.75, 3.05) is 0 Å². The van der Waals surface area contributed by atoms with Gasteiger partial charge in [0.1, 0.15) is 0 Å². The van der Waals surface area contributed by atoms with Crippen molar-refractivity contribution in [1.82, 2.24) is 0 Å². The van der Waals surface area contributed by atoms with E-state index < -0.39 is 0 Å². The minimum absolute atomic E-state index is 0.248. The molecular formula is C20H30. The molecule has 0 unspecified atom stereocenters. The van der Waals surface area contributed by atoms with Crippen LogP contribution in [0.3, 0.4) is 0 Å². The summed E-state index contributed by atoms with van der Waals surface area (Å²) < 4.78 is 0. The largest absolute Gasteiger partial charge is 0.0683 e. The molecule has 1 aromatic rings. The number of rotatable bonds is 0. The first kappa shape index (κ1) is 16.8. The van der Waals surface area contributed by atoms with E-state index in [1.165, 1.54) is 27.8 Å². The van der Waals surface area contributed by atoms with Crippen LogP contribution in [0, 0.1) is 5.41 Å². The van der Waals surface area contributed by atoms with E-state index >= 15 is 0 Å². The minimum Gasteiger partial charge on any atom is -0.0683 e. The first-order valence-corrected chi connectivity index (χ1v) is 7.78. The van der Waals surface area contributed by atoms with Gasteiger partial charge in [0.2, 0.25) is 0 Å². The van der Waals surface area contributed by atoms with E-state index in [9.17, 15) is 0 Å². The van der Waals surface area contributed by atoms with E-state index in [0.717, 1.165) is 6.42 Å². The normalized spacial score (nSPS) is 14.5.